The fourth-order valence-electron chi connectivity index (χ4n) is 3.34. The van der Waals surface area contributed by atoms with E-state index >= 15 is 0 Å². The number of methoxy groups -OCH3 is 1. The van der Waals surface area contributed by atoms with Crippen LogP contribution in [0.5, 0.6) is 0 Å². The number of nitrogens with zero attached hydrogens (tertiary/aromatic N) is 2. The summed E-state index contributed by atoms with van der Waals surface area (Å²) in [6.07, 6.45) is 4.02. The van der Waals surface area contributed by atoms with Crippen LogP contribution in [0.4, 0.5) is 4.79 Å². The van der Waals surface area contributed by atoms with Crippen LogP contribution in [-0.2, 0) is 14.3 Å². The zero-order valence-electron chi connectivity index (χ0n) is 14.8. The van der Waals surface area contributed by atoms with Crippen molar-refractivity contribution in [2.75, 3.05) is 26.8 Å². The Bertz CT molecular complexity index is 433. The highest BCUT2D eigenvalue weighted by Crippen LogP contribution is 2.30. The molecule has 0 aliphatic carbocycles. The Labute approximate surface area is 139 Å². The molecule has 6 nitrogen and oxygen atoms in total. The number of fused-ring (bicyclic) bond motifs is 3. The zero-order valence-corrected chi connectivity index (χ0v) is 14.8. The lowest BCUT2D eigenvalue weighted by atomic mass is 9.90. The average Bonchev–Trinajstić information content (AvgIpc) is 2.50. The largest absolute Gasteiger partial charge is 0.444 e. The van der Waals surface area contributed by atoms with Gasteiger partial charge in [0.25, 0.3) is 0 Å². The number of hydrogen-bond donors (Lipinski definition) is 0. The number of amides is 2. The van der Waals surface area contributed by atoms with Gasteiger partial charge in [-0.05, 0) is 46.5 Å². The standard InChI is InChI=1S/C17H30N2O4/c1-17(2,3)23-16(21)19-12-13-8-9-14(19)11-18(13)15(20)7-5-6-10-22-4/h13-14H,5-12H2,1-4H3. The molecule has 132 valence electrons. The van der Waals surface area contributed by atoms with Crippen LogP contribution < -0.4 is 0 Å². The maximum absolute atomic E-state index is 12.4. The summed E-state index contributed by atoms with van der Waals surface area (Å²) in [7, 11) is 1.68. The van der Waals surface area contributed by atoms with E-state index in [1.165, 1.54) is 0 Å². The first-order valence-electron chi connectivity index (χ1n) is 8.60. The molecule has 0 aromatic heterocycles. The van der Waals surface area contributed by atoms with Gasteiger partial charge in [0.05, 0.1) is 6.04 Å². The summed E-state index contributed by atoms with van der Waals surface area (Å²) in [5.74, 6) is 0.208. The molecule has 3 fully saturated rings. The molecule has 3 heterocycles. The third kappa shape index (κ3) is 4.83. The van der Waals surface area contributed by atoms with Crippen LogP contribution in [0.15, 0.2) is 0 Å². The highest BCUT2D eigenvalue weighted by atomic mass is 16.6. The van der Waals surface area contributed by atoms with E-state index in [9.17, 15) is 9.59 Å². The Morgan fingerprint density at radius 1 is 1.04 bits per heavy atom. The second-order valence-corrected chi connectivity index (χ2v) is 7.51. The van der Waals surface area contributed by atoms with Gasteiger partial charge in [-0.1, -0.05) is 0 Å². The lowest BCUT2D eigenvalue weighted by molar-refractivity contribution is -0.141. The molecule has 0 saturated carbocycles. The van der Waals surface area contributed by atoms with Crippen LogP contribution >= 0.6 is 0 Å². The quantitative estimate of drug-likeness (QED) is 0.728. The molecule has 3 aliphatic heterocycles. The van der Waals surface area contributed by atoms with Crippen molar-refractivity contribution in [2.45, 2.75) is 70.6 Å². The van der Waals surface area contributed by atoms with E-state index in [1.807, 2.05) is 30.6 Å². The van der Waals surface area contributed by atoms with Crippen molar-refractivity contribution in [3.05, 3.63) is 0 Å². The number of carbonyl (C=O) groups excluding carboxylic acids is 2. The Kier molecular flexibility index (Phi) is 5.89. The minimum Gasteiger partial charge on any atom is -0.444 e. The second kappa shape index (κ2) is 7.51. The summed E-state index contributed by atoms with van der Waals surface area (Å²) >= 11 is 0. The second-order valence-electron chi connectivity index (χ2n) is 7.51. The molecular weight excluding hydrogens is 296 g/mol. The topological polar surface area (TPSA) is 59.1 Å². The fraction of sp³-hybridized carbons (Fsp3) is 0.882. The molecule has 0 spiro atoms. The van der Waals surface area contributed by atoms with Gasteiger partial charge in [-0.15, -0.1) is 0 Å². The molecule has 0 radical (unpaired) electrons. The molecule has 3 saturated heterocycles. The lowest BCUT2D eigenvalue weighted by Crippen LogP contribution is -2.65. The number of piperidine rings is 2. The van der Waals surface area contributed by atoms with E-state index in [4.69, 9.17) is 9.47 Å². The molecule has 2 atom stereocenters. The van der Waals surface area contributed by atoms with Crippen LogP contribution in [0.1, 0.15) is 52.9 Å². The zero-order chi connectivity index (χ0) is 17.0. The van der Waals surface area contributed by atoms with E-state index in [2.05, 4.69) is 0 Å². The summed E-state index contributed by atoms with van der Waals surface area (Å²) < 4.78 is 10.5. The third-order valence-electron chi connectivity index (χ3n) is 4.47. The van der Waals surface area contributed by atoms with Gasteiger partial charge < -0.3 is 19.3 Å². The van der Waals surface area contributed by atoms with E-state index in [0.29, 0.717) is 26.1 Å². The van der Waals surface area contributed by atoms with Crippen LogP contribution in [-0.4, -0.2) is 66.3 Å². The van der Waals surface area contributed by atoms with E-state index < -0.39 is 5.60 Å². The van der Waals surface area contributed by atoms with Crippen molar-refractivity contribution in [3.8, 4) is 0 Å². The van der Waals surface area contributed by atoms with Crippen molar-refractivity contribution in [3.63, 3.8) is 0 Å². The third-order valence-corrected chi connectivity index (χ3v) is 4.47. The SMILES string of the molecule is COCCCCC(=O)N1CC2CCC1CN2C(=O)OC(C)(C)C. The summed E-state index contributed by atoms with van der Waals surface area (Å²) in [6, 6.07) is 0.236. The summed E-state index contributed by atoms with van der Waals surface area (Å²) in [5.41, 5.74) is -0.482. The van der Waals surface area contributed by atoms with Crippen molar-refractivity contribution >= 4 is 12.0 Å². The van der Waals surface area contributed by atoms with Crippen LogP contribution in [0.3, 0.4) is 0 Å². The molecule has 0 N–H and O–H groups in total. The normalized spacial score (nSPS) is 24.0. The smallest absolute Gasteiger partial charge is 0.410 e. The van der Waals surface area contributed by atoms with Gasteiger partial charge in [-0.25, -0.2) is 4.79 Å². The molecule has 2 bridgehead atoms. The van der Waals surface area contributed by atoms with Crippen molar-refractivity contribution < 1.29 is 19.1 Å². The van der Waals surface area contributed by atoms with Gasteiger partial charge in [-0.3, -0.25) is 4.79 Å². The van der Waals surface area contributed by atoms with Crippen LogP contribution in [0.25, 0.3) is 0 Å². The van der Waals surface area contributed by atoms with Crippen molar-refractivity contribution in [1.29, 1.82) is 0 Å². The maximum atomic E-state index is 12.4. The van der Waals surface area contributed by atoms with E-state index in [1.54, 1.807) is 7.11 Å². The first-order valence-corrected chi connectivity index (χ1v) is 8.60. The number of carbonyl (C=O) groups is 2. The monoisotopic (exact) mass is 326 g/mol. The van der Waals surface area contributed by atoms with Gasteiger partial charge >= 0.3 is 6.09 Å². The maximum Gasteiger partial charge on any atom is 0.410 e. The molecule has 2 unspecified atom stereocenters. The van der Waals surface area contributed by atoms with Gasteiger partial charge in [0.2, 0.25) is 5.91 Å². The summed E-state index contributed by atoms with van der Waals surface area (Å²) in [6.45, 7) is 7.58. The minimum absolute atomic E-state index is 0.0952. The number of ether oxygens (including phenoxy) is 2. The number of hydrogen-bond acceptors (Lipinski definition) is 4. The molecule has 0 aromatic rings. The molecule has 3 rings (SSSR count). The Morgan fingerprint density at radius 2 is 1.65 bits per heavy atom. The molecule has 23 heavy (non-hydrogen) atoms. The number of unbranched alkanes of at least 4 members (excludes halogenated alkanes) is 1. The fourth-order valence-corrected chi connectivity index (χ4v) is 3.34. The highest BCUT2D eigenvalue weighted by Gasteiger charge is 2.43. The number of piperazine rings is 1. The van der Waals surface area contributed by atoms with E-state index in [-0.39, 0.29) is 24.1 Å². The first kappa shape index (κ1) is 18.0. The number of rotatable bonds is 5. The Hall–Kier alpha value is -1.30. The van der Waals surface area contributed by atoms with Crippen LogP contribution in [0, 0.1) is 0 Å². The predicted molar refractivity (Wildman–Crippen MR) is 87.2 cm³/mol. The predicted octanol–water partition coefficient (Wildman–Crippen LogP) is 2.41. The highest BCUT2D eigenvalue weighted by molar-refractivity contribution is 5.77. The lowest BCUT2D eigenvalue weighted by Gasteiger charge is -2.51. The summed E-state index contributed by atoms with van der Waals surface area (Å²) in [5, 5.41) is 0. The molecular formula is C17H30N2O4. The van der Waals surface area contributed by atoms with Gasteiger partial charge in [0, 0.05) is 39.3 Å². The molecule has 0 aromatic carbocycles. The minimum atomic E-state index is -0.482. The van der Waals surface area contributed by atoms with E-state index in [0.717, 1.165) is 25.7 Å². The summed E-state index contributed by atoms with van der Waals surface area (Å²) in [4.78, 5) is 28.5. The van der Waals surface area contributed by atoms with Crippen LogP contribution in [0.2, 0.25) is 0 Å². The van der Waals surface area contributed by atoms with Crippen molar-refractivity contribution in [1.82, 2.24) is 9.80 Å². The molecule has 3 aliphatic rings. The van der Waals surface area contributed by atoms with Gasteiger partial charge in [0.1, 0.15) is 5.60 Å². The first-order chi connectivity index (χ1) is 10.8. The molecule has 6 heteroatoms. The van der Waals surface area contributed by atoms with Gasteiger partial charge in [0.15, 0.2) is 0 Å². The Balaban J connectivity index is 1.86. The van der Waals surface area contributed by atoms with Crippen molar-refractivity contribution in [2.24, 2.45) is 0 Å². The average molecular weight is 326 g/mol. The molecule has 2 amide bonds. The van der Waals surface area contributed by atoms with Gasteiger partial charge in [-0.2, -0.15) is 0 Å². The Morgan fingerprint density at radius 3 is 2.17 bits per heavy atom.